The zero-order valence-electron chi connectivity index (χ0n) is 7.89. The Balaban J connectivity index is 2.29. The standard InChI is InChI=1S/C10H5BrClN3S/c11-6-2-1-5-15-9(6)13-14-10(15)7-3-4-8(12)16-7/h1-5H. The first-order chi connectivity index (χ1) is 7.75. The molecule has 3 aromatic heterocycles. The molecule has 3 heterocycles. The van der Waals surface area contributed by atoms with Crippen molar-refractivity contribution in [2.75, 3.05) is 0 Å². The number of fused-ring (bicyclic) bond motifs is 1. The molecule has 0 atom stereocenters. The van der Waals surface area contributed by atoms with E-state index in [2.05, 4.69) is 26.1 Å². The van der Waals surface area contributed by atoms with E-state index in [0.717, 1.165) is 25.2 Å². The monoisotopic (exact) mass is 313 g/mol. The van der Waals surface area contributed by atoms with Crippen molar-refractivity contribution >= 4 is 44.5 Å². The van der Waals surface area contributed by atoms with Gasteiger partial charge in [0, 0.05) is 6.20 Å². The SMILES string of the molecule is Clc1ccc(-c2nnc3c(Br)cccn23)s1. The van der Waals surface area contributed by atoms with Crippen molar-refractivity contribution in [3.63, 3.8) is 0 Å². The summed E-state index contributed by atoms with van der Waals surface area (Å²) in [5, 5.41) is 8.31. The summed E-state index contributed by atoms with van der Waals surface area (Å²) in [7, 11) is 0. The van der Waals surface area contributed by atoms with Gasteiger partial charge < -0.3 is 0 Å². The van der Waals surface area contributed by atoms with Crippen LogP contribution in [-0.2, 0) is 0 Å². The lowest BCUT2D eigenvalue weighted by Crippen LogP contribution is -1.86. The highest BCUT2D eigenvalue weighted by Crippen LogP contribution is 2.30. The fourth-order valence-electron chi connectivity index (χ4n) is 1.49. The molecular weight excluding hydrogens is 310 g/mol. The summed E-state index contributed by atoms with van der Waals surface area (Å²) in [4.78, 5) is 1.01. The Hall–Kier alpha value is -0.910. The van der Waals surface area contributed by atoms with Crippen LogP contribution < -0.4 is 0 Å². The van der Waals surface area contributed by atoms with E-state index in [-0.39, 0.29) is 0 Å². The third-order valence-corrected chi connectivity index (χ3v) is 4.03. The molecule has 16 heavy (non-hydrogen) atoms. The molecule has 0 aliphatic rings. The molecule has 0 bridgehead atoms. The highest BCUT2D eigenvalue weighted by molar-refractivity contribution is 9.10. The first kappa shape index (κ1) is 10.3. The minimum Gasteiger partial charge on any atom is -0.281 e. The first-order valence-electron chi connectivity index (χ1n) is 4.50. The Kier molecular flexibility index (Phi) is 2.46. The van der Waals surface area contributed by atoms with Gasteiger partial charge in [-0.2, -0.15) is 0 Å². The van der Waals surface area contributed by atoms with Crippen molar-refractivity contribution in [1.29, 1.82) is 0 Å². The van der Waals surface area contributed by atoms with Crippen molar-refractivity contribution in [2.45, 2.75) is 0 Å². The van der Waals surface area contributed by atoms with Crippen LogP contribution in [0.1, 0.15) is 0 Å². The van der Waals surface area contributed by atoms with Crippen LogP contribution in [0, 0.1) is 0 Å². The van der Waals surface area contributed by atoms with E-state index >= 15 is 0 Å². The number of aromatic nitrogens is 3. The summed E-state index contributed by atoms with van der Waals surface area (Å²) in [5.41, 5.74) is 0.807. The van der Waals surface area contributed by atoms with Gasteiger partial charge in [0.05, 0.1) is 13.7 Å². The molecule has 0 saturated carbocycles. The first-order valence-corrected chi connectivity index (χ1v) is 6.49. The smallest absolute Gasteiger partial charge is 0.178 e. The highest BCUT2D eigenvalue weighted by atomic mass is 79.9. The number of nitrogens with zero attached hydrogens (tertiary/aromatic N) is 3. The van der Waals surface area contributed by atoms with Crippen LogP contribution >= 0.6 is 38.9 Å². The van der Waals surface area contributed by atoms with E-state index in [1.807, 2.05) is 34.9 Å². The number of halogens is 2. The fourth-order valence-corrected chi connectivity index (χ4v) is 2.93. The molecule has 0 saturated heterocycles. The van der Waals surface area contributed by atoms with E-state index in [4.69, 9.17) is 11.6 Å². The third-order valence-electron chi connectivity index (χ3n) is 2.18. The van der Waals surface area contributed by atoms with Gasteiger partial charge in [0.1, 0.15) is 0 Å². The molecule has 0 fully saturated rings. The highest BCUT2D eigenvalue weighted by Gasteiger charge is 2.11. The maximum Gasteiger partial charge on any atom is 0.178 e. The van der Waals surface area contributed by atoms with E-state index < -0.39 is 0 Å². The second-order valence-corrected chi connectivity index (χ2v) is 5.75. The molecule has 0 spiro atoms. The van der Waals surface area contributed by atoms with Gasteiger partial charge in [-0.15, -0.1) is 21.5 Å². The van der Waals surface area contributed by atoms with Crippen molar-refractivity contribution in [3.8, 4) is 10.7 Å². The predicted molar refractivity (Wildman–Crippen MR) is 69.0 cm³/mol. The molecule has 0 amide bonds. The largest absolute Gasteiger partial charge is 0.281 e. The molecule has 80 valence electrons. The maximum absolute atomic E-state index is 5.91. The minimum atomic E-state index is 0.752. The van der Waals surface area contributed by atoms with Crippen LogP contribution in [0.4, 0.5) is 0 Å². The molecule has 3 nitrogen and oxygen atoms in total. The van der Waals surface area contributed by atoms with E-state index in [0.29, 0.717) is 0 Å². The average molecular weight is 315 g/mol. The molecule has 3 aromatic rings. The summed E-state index contributed by atoms with van der Waals surface area (Å²) >= 11 is 10.8. The van der Waals surface area contributed by atoms with Crippen LogP contribution in [-0.4, -0.2) is 14.6 Å². The van der Waals surface area contributed by atoms with E-state index in [1.165, 1.54) is 11.3 Å². The van der Waals surface area contributed by atoms with Gasteiger partial charge in [0.25, 0.3) is 0 Å². The molecular formula is C10H5BrClN3S. The molecule has 0 aromatic carbocycles. The van der Waals surface area contributed by atoms with Crippen molar-refractivity contribution in [1.82, 2.24) is 14.6 Å². The molecule has 0 N–H and O–H groups in total. The van der Waals surface area contributed by atoms with Crippen molar-refractivity contribution in [2.24, 2.45) is 0 Å². The van der Waals surface area contributed by atoms with Gasteiger partial charge in [0.15, 0.2) is 11.5 Å². The van der Waals surface area contributed by atoms with E-state index in [1.54, 1.807) is 0 Å². The maximum atomic E-state index is 5.91. The van der Waals surface area contributed by atoms with Crippen molar-refractivity contribution in [3.05, 3.63) is 39.3 Å². The zero-order chi connectivity index (χ0) is 11.1. The van der Waals surface area contributed by atoms with E-state index in [9.17, 15) is 0 Å². The summed E-state index contributed by atoms with van der Waals surface area (Å²) in [6, 6.07) is 7.69. The summed E-state index contributed by atoms with van der Waals surface area (Å²) in [6.07, 6.45) is 1.93. The predicted octanol–water partition coefficient (Wildman–Crippen LogP) is 3.87. The second kappa shape index (κ2) is 3.84. The van der Waals surface area contributed by atoms with Crippen LogP contribution in [0.25, 0.3) is 16.3 Å². The number of hydrogen-bond donors (Lipinski definition) is 0. The van der Waals surface area contributed by atoms with Gasteiger partial charge in [-0.3, -0.25) is 4.40 Å². The van der Waals surface area contributed by atoms with Gasteiger partial charge in [0.2, 0.25) is 0 Å². The van der Waals surface area contributed by atoms with Gasteiger partial charge >= 0.3 is 0 Å². The molecule has 0 unspecified atom stereocenters. The molecule has 0 radical (unpaired) electrons. The Morgan fingerprint density at radius 1 is 1.25 bits per heavy atom. The van der Waals surface area contributed by atoms with Crippen LogP contribution in [0.2, 0.25) is 4.34 Å². The fraction of sp³-hybridized carbons (Fsp3) is 0. The van der Waals surface area contributed by atoms with Crippen LogP contribution in [0.3, 0.4) is 0 Å². The summed E-state index contributed by atoms with van der Waals surface area (Å²) < 4.78 is 3.62. The van der Waals surface area contributed by atoms with Gasteiger partial charge in [-0.25, -0.2) is 0 Å². The molecule has 6 heteroatoms. The lowest BCUT2D eigenvalue weighted by atomic mass is 10.4. The Labute approximate surface area is 109 Å². The molecule has 0 aliphatic carbocycles. The zero-order valence-corrected chi connectivity index (χ0v) is 11.1. The summed E-state index contributed by atoms with van der Waals surface area (Å²) in [5.74, 6) is 0.813. The van der Waals surface area contributed by atoms with Crippen molar-refractivity contribution < 1.29 is 0 Å². The normalized spacial score (nSPS) is 11.1. The number of hydrogen-bond acceptors (Lipinski definition) is 3. The average Bonchev–Trinajstić information content (AvgIpc) is 2.84. The second-order valence-electron chi connectivity index (χ2n) is 3.18. The number of pyridine rings is 1. The number of rotatable bonds is 1. The van der Waals surface area contributed by atoms with Gasteiger partial charge in [-0.1, -0.05) is 11.6 Å². The van der Waals surface area contributed by atoms with Crippen LogP contribution in [0.15, 0.2) is 34.9 Å². The summed E-state index contributed by atoms with van der Waals surface area (Å²) in [6.45, 7) is 0. The lowest BCUT2D eigenvalue weighted by molar-refractivity contribution is 1.12. The lowest BCUT2D eigenvalue weighted by Gasteiger charge is -1.97. The Bertz CT molecular complexity index is 661. The minimum absolute atomic E-state index is 0.752. The molecule has 0 aliphatic heterocycles. The van der Waals surface area contributed by atoms with Crippen LogP contribution in [0.5, 0.6) is 0 Å². The quantitative estimate of drug-likeness (QED) is 0.682. The topological polar surface area (TPSA) is 30.2 Å². The van der Waals surface area contributed by atoms with Gasteiger partial charge in [-0.05, 0) is 40.2 Å². The Morgan fingerprint density at radius 3 is 2.88 bits per heavy atom. The third kappa shape index (κ3) is 1.55. The molecule has 3 rings (SSSR count). The Morgan fingerprint density at radius 2 is 2.12 bits per heavy atom. The number of thiophene rings is 1.